The number of rotatable bonds is 5. The quantitative estimate of drug-likeness (QED) is 0.763. The number of pyridine rings is 1. The van der Waals surface area contributed by atoms with Crippen molar-refractivity contribution in [2.75, 3.05) is 27.2 Å². The maximum absolute atomic E-state index is 13.4. The first kappa shape index (κ1) is 20.6. The van der Waals surface area contributed by atoms with Gasteiger partial charge in [0.1, 0.15) is 0 Å². The van der Waals surface area contributed by atoms with Crippen LogP contribution in [0.25, 0.3) is 11.1 Å². The molecule has 30 heavy (non-hydrogen) atoms. The van der Waals surface area contributed by atoms with E-state index in [0.717, 1.165) is 42.5 Å². The lowest BCUT2D eigenvalue weighted by Gasteiger charge is -2.43. The topological polar surface area (TPSA) is 53.5 Å². The van der Waals surface area contributed by atoms with E-state index in [9.17, 15) is 9.59 Å². The van der Waals surface area contributed by atoms with E-state index in [4.69, 9.17) is 0 Å². The third-order valence-corrected chi connectivity index (χ3v) is 6.64. The minimum atomic E-state index is -0.566. The second kappa shape index (κ2) is 8.21. The SMILES string of the molecule is C[C@@H]1C[C@H]1C(=O)N1CCC[C@](Cc2cccc(-c3cccnc3)c2)(C(=O)N(C)C)C1. The Bertz CT molecular complexity index is 927. The minimum Gasteiger partial charge on any atom is -0.348 e. The summed E-state index contributed by atoms with van der Waals surface area (Å²) in [5.41, 5.74) is 2.73. The van der Waals surface area contributed by atoms with E-state index in [1.54, 1.807) is 11.1 Å². The molecule has 2 heterocycles. The second-order valence-electron chi connectivity index (χ2n) is 9.28. The van der Waals surface area contributed by atoms with Gasteiger partial charge in [-0.1, -0.05) is 37.3 Å². The molecule has 2 amide bonds. The maximum atomic E-state index is 13.4. The van der Waals surface area contributed by atoms with Crippen molar-refractivity contribution in [3.63, 3.8) is 0 Å². The van der Waals surface area contributed by atoms with Gasteiger partial charge in [-0.2, -0.15) is 0 Å². The molecule has 1 aromatic heterocycles. The summed E-state index contributed by atoms with van der Waals surface area (Å²) >= 11 is 0. The summed E-state index contributed by atoms with van der Waals surface area (Å²) in [5.74, 6) is 0.997. The van der Waals surface area contributed by atoms with Gasteiger partial charge < -0.3 is 9.80 Å². The van der Waals surface area contributed by atoms with Gasteiger partial charge in [-0.3, -0.25) is 14.6 Å². The van der Waals surface area contributed by atoms with Gasteiger partial charge in [0.2, 0.25) is 11.8 Å². The number of aromatic nitrogens is 1. The highest BCUT2D eigenvalue weighted by Crippen LogP contribution is 2.42. The van der Waals surface area contributed by atoms with Crippen molar-refractivity contribution >= 4 is 11.8 Å². The summed E-state index contributed by atoms with van der Waals surface area (Å²) in [4.78, 5) is 34.2. The molecule has 1 aromatic carbocycles. The van der Waals surface area contributed by atoms with E-state index in [0.29, 0.717) is 18.9 Å². The van der Waals surface area contributed by atoms with Gasteiger partial charge in [-0.25, -0.2) is 0 Å². The number of piperidine rings is 1. The zero-order valence-electron chi connectivity index (χ0n) is 18.2. The van der Waals surface area contributed by atoms with Crippen LogP contribution in [0.5, 0.6) is 0 Å². The van der Waals surface area contributed by atoms with Gasteiger partial charge in [-0.15, -0.1) is 0 Å². The molecule has 0 radical (unpaired) electrons. The lowest BCUT2D eigenvalue weighted by atomic mass is 9.73. The molecule has 4 rings (SSSR count). The first-order valence-corrected chi connectivity index (χ1v) is 10.9. The molecule has 2 aromatic rings. The van der Waals surface area contributed by atoms with E-state index in [-0.39, 0.29) is 17.7 Å². The van der Waals surface area contributed by atoms with Crippen molar-refractivity contribution in [1.82, 2.24) is 14.8 Å². The van der Waals surface area contributed by atoms with Crippen LogP contribution in [-0.4, -0.2) is 53.8 Å². The fraction of sp³-hybridized carbons (Fsp3) is 0.480. The highest BCUT2D eigenvalue weighted by molar-refractivity contribution is 5.86. The monoisotopic (exact) mass is 405 g/mol. The molecular formula is C25H31N3O2. The fourth-order valence-corrected chi connectivity index (χ4v) is 4.87. The molecule has 0 spiro atoms. The van der Waals surface area contributed by atoms with Crippen LogP contribution in [0.15, 0.2) is 48.8 Å². The lowest BCUT2D eigenvalue weighted by Crippen LogP contribution is -2.54. The molecule has 158 valence electrons. The smallest absolute Gasteiger partial charge is 0.230 e. The van der Waals surface area contributed by atoms with Crippen molar-refractivity contribution in [3.8, 4) is 11.1 Å². The van der Waals surface area contributed by atoms with Crippen molar-refractivity contribution < 1.29 is 9.59 Å². The molecule has 5 heteroatoms. The van der Waals surface area contributed by atoms with Crippen LogP contribution in [0, 0.1) is 17.3 Å². The molecule has 3 atom stereocenters. The van der Waals surface area contributed by atoms with Gasteiger partial charge in [0, 0.05) is 45.5 Å². The maximum Gasteiger partial charge on any atom is 0.230 e. The summed E-state index contributed by atoms with van der Waals surface area (Å²) in [5, 5.41) is 0. The molecule has 5 nitrogen and oxygen atoms in total. The van der Waals surface area contributed by atoms with Crippen LogP contribution in [0.1, 0.15) is 31.7 Å². The number of hydrogen-bond acceptors (Lipinski definition) is 3. The van der Waals surface area contributed by atoms with E-state index in [1.807, 2.05) is 43.4 Å². The third-order valence-electron chi connectivity index (χ3n) is 6.64. The van der Waals surface area contributed by atoms with Gasteiger partial charge in [0.25, 0.3) is 0 Å². The predicted octanol–water partition coefficient (Wildman–Crippen LogP) is 3.64. The van der Waals surface area contributed by atoms with E-state index in [2.05, 4.69) is 30.1 Å². The van der Waals surface area contributed by atoms with Crippen LogP contribution >= 0.6 is 0 Å². The Morgan fingerprint density at radius 2 is 1.97 bits per heavy atom. The Morgan fingerprint density at radius 1 is 1.20 bits per heavy atom. The number of hydrogen-bond donors (Lipinski definition) is 0. The summed E-state index contributed by atoms with van der Waals surface area (Å²) < 4.78 is 0. The first-order chi connectivity index (χ1) is 14.4. The van der Waals surface area contributed by atoms with Crippen LogP contribution in [-0.2, 0) is 16.0 Å². The average Bonchev–Trinajstić information content (AvgIpc) is 3.50. The highest BCUT2D eigenvalue weighted by atomic mass is 16.2. The fourth-order valence-electron chi connectivity index (χ4n) is 4.87. The number of nitrogens with zero attached hydrogens (tertiary/aromatic N) is 3. The van der Waals surface area contributed by atoms with Gasteiger partial charge in [-0.05, 0) is 54.4 Å². The Balaban J connectivity index is 1.62. The van der Waals surface area contributed by atoms with Crippen LogP contribution in [0.2, 0.25) is 0 Å². The molecule has 1 aliphatic heterocycles. The molecular weight excluding hydrogens is 374 g/mol. The number of benzene rings is 1. The zero-order chi connectivity index (χ0) is 21.3. The van der Waals surface area contributed by atoms with Crippen LogP contribution in [0.4, 0.5) is 0 Å². The molecule has 0 N–H and O–H groups in total. The molecule has 1 saturated heterocycles. The highest BCUT2D eigenvalue weighted by Gasteiger charge is 2.48. The average molecular weight is 406 g/mol. The van der Waals surface area contributed by atoms with Crippen molar-refractivity contribution in [3.05, 3.63) is 54.4 Å². The molecule has 0 bridgehead atoms. The standard InChI is InChI=1S/C25H31N3O2/c1-18-13-22(18)23(29)28-12-6-10-25(17-28,24(30)27(2)3)15-19-7-4-8-20(14-19)21-9-5-11-26-16-21/h4-5,7-9,11,14,16,18,22H,6,10,12-13,15,17H2,1-3H3/t18-,22-,25-/m1/s1. The number of carbonyl (C=O) groups is 2. The summed E-state index contributed by atoms with van der Waals surface area (Å²) in [6.45, 7) is 3.41. The minimum absolute atomic E-state index is 0.121. The van der Waals surface area contributed by atoms with E-state index >= 15 is 0 Å². The molecule has 2 aliphatic rings. The van der Waals surface area contributed by atoms with Gasteiger partial charge in [0.15, 0.2) is 0 Å². The Kier molecular flexibility index (Phi) is 5.63. The van der Waals surface area contributed by atoms with Crippen molar-refractivity contribution in [2.45, 2.75) is 32.6 Å². The number of carbonyl (C=O) groups excluding carboxylic acids is 2. The van der Waals surface area contributed by atoms with Gasteiger partial charge >= 0.3 is 0 Å². The van der Waals surface area contributed by atoms with E-state index < -0.39 is 5.41 Å². The normalized spacial score (nSPS) is 25.6. The second-order valence-corrected chi connectivity index (χ2v) is 9.28. The lowest BCUT2D eigenvalue weighted by molar-refractivity contribution is -0.147. The zero-order valence-corrected chi connectivity index (χ0v) is 18.2. The summed E-state index contributed by atoms with van der Waals surface area (Å²) in [7, 11) is 3.64. The molecule has 0 unspecified atom stereocenters. The molecule has 1 aliphatic carbocycles. The Labute approximate surface area is 179 Å². The summed E-state index contributed by atoms with van der Waals surface area (Å²) in [6, 6.07) is 12.3. The van der Waals surface area contributed by atoms with Crippen molar-refractivity contribution in [2.24, 2.45) is 17.3 Å². The largest absolute Gasteiger partial charge is 0.348 e. The van der Waals surface area contributed by atoms with Crippen molar-refractivity contribution in [1.29, 1.82) is 0 Å². The summed E-state index contributed by atoms with van der Waals surface area (Å²) in [6.07, 6.45) is 6.93. The van der Waals surface area contributed by atoms with Gasteiger partial charge in [0.05, 0.1) is 5.41 Å². The number of likely N-dealkylation sites (tertiary alicyclic amines) is 1. The first-order valence-electron chi connectivity index (χ1n) is 10.9. The molecule has 1 saturated carbocycles. The predicted molar refractivity (Wildman–Crippen MR) is 118 cm³/mol. The third kappa shape index (κ3) is 4.11. The molecule has 2 fully saturated rings. The number of amides is 2. The van der Waals surface area contributed by atoms with E-state index in [1.165, 1.54) is 0 Å². The van der Waals surface area contributed by atoms with Crippen LogP contribution in [0.3, 0.4) is 0 Å². The Hall–Kier alpha value is -2.69. The Morgan fingerprint density at radius 3 is 2.63 bits per heavy atom. The van der Waals surface area contributed by atoms with Crippen LogP contribution < -0.4 is 0 Å².